The lowest BCUT2D eigenvalue weighted by atomic mass is 9.97. The Morgan fingerprint density at radius 2 is 2.07 bits per heavy atom. The maximum absolute atomic E-state index is 14.1. The number of carbonyl (C=O) groups excluding carboxylic acids is 2. The van der Waals surface area contributed by atoms with E-state index in [-0.39, 0.29) is 40.4 Å². The Labute approximate surface area is 175 Å². The molecule has 0 aromatic heterocycles. The van der Waals surface area contributed by atoms with Gasteiger partial charge in [-0.2, -0.15) is 0 Å². The van der Waals surface area contributed by atoms with Gasteiger partial charge < -0.3 is 14.8 Å². The van der Waals surface area contributed by atoms with E-state index in [2.05, 4.69) is 12.2 Å². The Morgan fingerprint density at radius 1 is 1.38 bits per heavy atom. The van der Waals surface area contributed by atoms with Crippen LogP contribution in [-0.4, -0.2) is 48.3 Å². The van der Waals surface area contributed by atoms with Crippen molar-refractivity contribution in [1.29, 1.82) is 0 Å². The van der Waals surface area contributed by atoms with Gasteiger partial charge in [-0.3, -0.25) is 9.69 Å². The van der Waals surface area contributed by atoms with E-state index in [1.165, 1.54) is 6.07 Å². The first-order chi connectivity index (χ1) is 13.5. The van der Waals surface area contributed by atoms with Gasteiger partial charge in [0, 0.05) is 30.7 Å². The second-order valence-corrected chi connectivity index (χ2v) is 9.35. The minimum absolute atomic E-state index is 0.00196. The van der Waals surface area contributed by atoms with Gasteiger partial charge in [-0.15, -0.1) is 0 Å². The van der Waals surface area contributed by atoms with Gasteiger partial charge in [0.2, 0.25) is 5.91 Å². The normalized spacial score (nSPS) is 28.1. The van der Waals surface area contributed by atoms with Crippen molar-refractivity contribution < 1.29 is 23.5 Å². The van der Waals surface area contributed by atoms with E-state index in [9.17, 15) is 14.0 Å². The average Bonchev–Trinajstić information content (AvgIpc) is 3.00. The van der Waals surface area contributed by atoms with E-state index >= 15 is 0 Å². The molecule has 1 saturated heterocycles. The molecule has 29 heavy (non-hydrogen) atoms. The molecule has 0 radical (unpaired) electrons. The minimum Gasteiger partial charge on any atom is -0.444 e. The van der Waals surface area contributed by atoms with E-state index in [4.69, 9.17) is 21.1 Å². The Balaban J connectivity index is 1.77. The first-order valence-electron chi connectivity index (χ1n) is 9.72. The number of benzene rings is 1. The molecule has 1 aromatic rings. The van der Waals surface area contributed by atoms with Crippen molar-refractivity contribution in [3.8, 4) is 0 Å². The van der Waals surface area contributed by atoms with E-state index < -0.39 is 23.6 Å². The monoisotopic (exact) mass is 426 g/mol. The third-order valence-electron chi connectivity index (χ3n) is 5.87. The fourth-order valence-corrected chi connectivity index (χ4v) is 4.65. The Hall–Kier alpha value is -1.86. The molecule has 1 aromatic carbocycles. The van der Waals surface area contributed by atoms with Gasteiger partial charge in [-0.05, 0) is 39.2 Å². The topological polar surface area (TPSA) is 67.9 Å². The number of ether oxygens (including phenoxy) is 2. The van der Waals surface area contributed by atoms with Gasteiger partial charge >= 0.3 is 6.09 Å². The number of amides is 2. The van der Waals surface area contributed by atoms with Crippen molar-refractivity contribution in [2.45, 2.75) is 58.3 Å². The number of fused-ring (bicyclic) bond motifs is 1. The van der Waals surface area contributed by atoms with Gasteiger partial charge in [-0.1, -0.05) is 30.7 Å². The molecule has 4 atom stereocenters. The number of rotatable bonds is 5. The SMILES string of the molecule is COC[C@]12C[C@@H](C(=O)NCc3cccc(Cl)c3F)N(C(=O)OC(C)(C)C)[C@H]1[C@H]2C. The standard InChI is InChI=1S/C21H28ClFN2O4/c1-12-17-21(12,11-28-5)9-15(25(17)19(27)29-20(2,3)4)18(26)24-10-13-7-6-8-14(22)16(13)23/h6-8,12,15,17H,9-11H2,1-5H3,(H,24,26)/t12-,15+,17+,21+/m1/s1. The highest BCUT2D eigenvalue weighted by Crippen LogP contribution is 2.64. The number of nitrogens with zero attached hydrogens (tertiary/aromatic N) is 1. The third-order valence-corrected chi connectivity index (χ3v) is 6.17. The van der Waals surface area contributed by atoms with Crippen LogP contribution in [0.15, 0.2) is 18.2 Å². The molecule has 1 N–H and O–H groups in total. The molecule has 2 aliphatic rings. The number of halogens is 2. The fourth-order valence-electron chi connectivity index (χ4n) is 4.45. The molecule has 6 nitrogen and oxygen atoms in total. The molecular formula is C21H28ClFN2O4. The molecule has 8 heteroatoms. The van der Waals surface area contributed by atoms with Crippen molar-refractivity contribution >= 4 is 23.6 Å². The first-order valence-corrected chi connectivity index (χ1v) is 10.1. The molecular weight excluding hydrogens is 399 g/mol. The molecule has 0 bridgehead atoms. The maximum Gasteiger partial charge on any atom is 0.411 e. The molecule has 160 valence electrons. The largest absolute Gasteiger partial charge is 0.444 e. The summed E-state index contributed by atoms with van der Waals surface area (Å²) in [6.07, 6.45) is -0.0330. The van der Waals surface area contributed by atoms with Crippen molar-refractivity contribution in [2.75, 3.05) is 13.7 Å². The molecule has 1 heterocycles. The lowest BCUT2D eigenvalue weighted by Crippen LogP contribution is -2.50. The number of methoxy groups -OCH3 is 1. The zero-order chi connectivity index (χ0) is 21.6. The third kappa shape index (κ3) is 4.08. The van der Waals surface area contributed by atoms with Gasteiger partial charge in [0.1, 0.15) is 17.5 Å². The average molecular weight is 427 g/mol. The van der Waals surface area contributed by atoms with E-state index in [1.807, 2.05) is 0 Å². The van der Waals surface area contributed by atoms with E-state index in [0.717, 1.165) is 0 Å². The van der Waals surface area contributed by atoms with Crippen molar-refractivity contribution in [2.24, 2.45) is 11.3 Å². The lowest BCUT2D eigenvalue weighted by Gasteiger charge is -2.30. The molecule has 1 aliphatic carbocycles. The van der Waals surface area contributed by atoms with Crippen LogP contribution >= 0.6 is 11.6 Å². The summed E-state index contributed by atoms with van der Waals surface area (Å²) in [5.41, 5.74) is -0.639. The summed E-state index contributed by atoms with van der Waals surface area (Å²) >= 11 is 5.81. The lowest BCUT2D eigenvalue weighted by molar-refractivity contribution is -0.126. The van der Waals surface area contributed by atoms with Crippen molar-refractivity contribution in [3.05, 3.63) is 34.6 Å². The van der Waals surface area contributed by atoms with Crippen LogP contribution in [0, 0.1) is 17.2 Å². The smallest absolute Gasteiger partial charge is 0.411 e. The van der Waals surface area contributed by atoms with Crippen LogP contribution in [0.25, 0.3) is 0 Å². The number of hydrogen-bond donors (Lipinski definition) is 1. The highest BCUT2D eigenvalue weighted by Gasteiger charge is 2.73. The number of piperidine rings is 1. The number of nitrogens with one attached hydrogen (secondary N) is 1. The number of carbonyl (C=O) groups is 2. The predicted octanol–water partition coefficient (Wildman–Crippen LogP) is 3.76. The second-order valence-electron chi connectivity index (χ2n) is 8.94. The van der Waals surface area contributed by atoms with E-state index in [0.29, 0.717) is 13.0 Å². The summed E-state index contributed by atoms with van der Waals surface area (Å²) in [6.45, 7) is 7.87. The Morgan fingerprint density at radius 3 is 2.69 bits per heavy atom. The van der Waals surface area contributed by atoms with Crippen molar-refractivity contribution in [1.82, 2.24) is 10.2 Å². The zero-order valence-electron chi connectivity index (χ0n) is 17.4. The molecule has 2 fully saturated rings. The van der Waals surface area contributed by atoms with Crippen LogP contribution in [0.5, 0.6) is 0 Å². The summed E-state index contributed by atoms with van der Waals surface area (Å²) in [5, 5.41) is 2.75. The quantitative estimate of drug-likeness (QED) is 0.778. The Kier molecular flexibility index (Phi) is 5.84. The van der Waals surface area contributed by atoms with Crippen LogP contribution in [0.3, 0.4) is 0 Å². The summed E-state index contributed by atoms with van der Waals surface area (Å²) in [5.74, 6) is -0.688. The highest BCUT2D eigenvalue weighted by atomic mass is 35.5. The highest BCUT2D eigenvalue weighted by molar-refractivity contribution is 6.30. The van der Waals surface area contributed by atoms with Crippen LogP contribution in [-0.2, 0) is 20.8 Å². The van der Waals surface area contributed by atoms with Crippen LogP contribution in [0.1, 0.15) is 39.7 Å². The number of likely N-dealkylation sites (tertiary alicyclic amines) is 1. The molecule has 2 amide bonds. The molecule has 1 saturated carbocycles. The first kappa shape index (κ1) is 21.8. The summed E-state index contributed by atoms with van der Waals surface area (Å²) in [6, 6.07) is 3.83. The minimum atomic E-state index is -0.691. The maximum atomic E-state index is 14.1. The van der Waals surface area contributed by atoms with Gasteiger partial charge in [0.05, 0.1) is 11.6 Å². The predicted molar refractivity (Wildman–Crippen MR) is 107 cm³/mol. The van der Waals surface area contributed by atoms with Gasteiger partial charge in [-0.25, -0.2) is 9.18 Å². The summed E-state index contributed by atoms with van der Waals surface area (Å²) in [7, 11) is 1.62. The zero-order valence-corrected chi connectivity index (χ0v) is 18.2. The van der Waals surface area contributed by atoms with Crippen LogP contribution < -0.4 is 5.32 Å². The van der Waals surface area contributed by atoms with Crippen LogP contribution in [0.4, 0.5) is 9.18 Å². The molecule has 1 aliphatic heterocycles. The Bertz CT molecular complexity index is 812. The fraction of sp³-hybridized carbons (Fsp3) is 0.619. The van der Waals surface area contributed by atoms with Gasteiger partial charge in [0.15, 0.2) is 0 Å². The van der Waals surface area contributed by atoms with Crippen molar-refractivity contribution in [3.63, 3.8) is 0 Å². The van der Waals surface area contributed by atoms with E-state index in [1.54, 1.807) is 44.9 Å². The van der Waals surface area contributed by atoms with Crippen LogP contribution in [0.2, 0.25) is 5.02 Å². The molecule has 0 unspecified atom stereocenters. The molecule has 0 spiro atoms. The molecule has 3 rings (SSSR count). The number of hydrogen-bond acceptors (Lipinski definition) is 4. The second kappa shape index (κ2) is 7.76. The van der Waals surface area contributed by atoms with Gasteiger partial charge in [0.25, 0.3) is 0 Å². The summed E-state index contributed by atoms with van der Waals surface area (Å²) < 4.78 is 25.1. The summed E-state index contributed by atoms with van der Waals surface area (Å²) in [4.78, 5) is 27.4.